The molecule has 0 bridgehead atoms. The van der Waals surface area contributed by atoms with Crippen molar-refractivity contribution in [2.75, 3.05) is 0 Å². The number of hydrogen-bond acceptors (Lipinski definition) is 1. The molecule has 35 heavy (non-hydrogen) atoms. The fourth-order valence-corrected chi connectivity index (χ4v) is 3.89. The zero-order chi connectivity index (χ0) is 25.2. The van der Waals surface area contributed by atoms with Crippen molar-refractivity contribution < 1.29 is 26.7 Å². The van der Waals surface area contributed by atoms with Crippen LogP contribution in [-0.2, 0) is 12.5 Å². The first-order valence-corrected chi connectivity index (χ1v) is 11.2. The standard InChI is InChI=1S/C29H23F5O/c1-3-4-19-7-9-20(10-8-19)21-11-14-24(25(30)15-21)22-16-26(31)28(27(32)17-22)29(33,34)35-23-12-5-18(2)6-13-23/h5-17H,3-4H2,1-2H3. The minimum Gasteiger partial charge on any atom is -0.429 e. The summed E-state index contributed by atoms with van der Waals surface area (Å²) < 4.78 is 78.2. The molecule has 0 radical (unpaired) electrons. The highest BCUT2D eigenvalue weighted by Crippen LogP contribution is 2.38. The quantitative estimate of drug-likeness (QED) is 0.239. The molecule has 4 rings (SSSR count). The lowest BCUT2D eigenvalue weighted by Gasteiger charge is -2.20. The summed E-state index contributed by atoms with van der Waals surface area (Å²) in [5, 5.41) is 0. The molecule has 0 aliphatic rings. The summed E-state index contributed by atoms with van der Waals surface area (Å²) >= 11 is 0. The summed E-state index contributed by atoms with van der Waals surface area (Å²) in [6.45, 7) is 3.84. The first-order valence-electron chi connectivity index (χ1n) is 11.2. The predicted molar refractivity (Wildman–Crippen MR) is 127 cm³/mol. The topological polar surface area (TPSA) is 9.23 Å². The van der Waals surface area contributed by atoms with Crippen LogP contribution in [0.2, 0.25) is 0 Å². The second-order valence-electron chi connectivity index (χ2n) is 8.39. The molecule has 0 aliphatic carbocycles. The van der Waals surface area contributed by atoms with Gasteiger partial charge in [-0.05, 0) is 65.9 Å². The maximum absolute atomic E-state index is 14.9. The molecule has 0 aliphatic heterocycles. The van der Waals surface area contributed by atoms with E-state index in [0.29, 0.717) is 17.7 Å². The van der Waals surface area contributed by atoms with Gasteiger partial charge in [0, 0.05) is 5.56 Å². The Kier molecular flexibility index (Phi) is 6.92. The number of alkyl halides is 2. The Morgan fingerprint density at radius 3 is 1.83 bits per heavy atom. The van der Waals surface area contributed by atoms with Crippen molar-refractivity contribution in [3.05, 3.63) is 113 Å². The third-order valence-corrected chi connectivity index (χ3v) is 5.71. The molecule has 0 spiro atoms. The van der Waals surface area contributed by atoms with E-state index in [2.05, 4.69) is 11.7 Å². The van der Waals surface area contributed by atoms with Crippen LogP contribution in [0.5, 0.6) is 5.75 Å². The highest BCUT2D eigenvalue weighted by atomic mass is 19.3. The van der Waals surface area contributed by atoms with Crippen molar-refractivity contribution in [1.29, 1.82) is 0 Å². The summed E-state index contributed by atoms with van der Waals surface area (Å²) in [4.78, 5) is 0. The molecule has 0 unspecified atom stereocenters. The van der Waals surface area contributed by atoms with Crippen LogP contribution in [0.3, 0.4) is 0 Å². The summed E-state index contributed by atoms with van der Waals surface area (Å²) in [6, 6.07) is 18.9. The Balaban J connectivity index is 1.63. The molecule has 0 saturated heterocycles. The van der Waals surface area contributed by atoms with Gasteiger partial charge in [-0.1, -0.05) is 67.4 Å². The highest BCUT2D eigenvalue weighted by molar-refractivity contribution is 5.71. The van der Waals surface area contributed by atoms with E-state index in [-0.39, 0.29) is 16.9 Å². The number of halogens is 5. The third kappa shape index (κ3) is 5.37. The predicted octanol–water partition coefficient (Wildman–Crippen LogP) is 8.83. The number of aryl methyl sites for hydroxylation is 2. The van der Waals surface area contributed by atoms with Crippen molar-refractivity contribution in [2.24, 2.45) is 0 Å². The fourth-order valence-electron chi connectivity index (χ4n) is 3.89. The molecule has 4 aromatic rings. The van der Waals surface area contributed by atoms with E-state index in [1.807, 2.05) is 24.3 Å². The van der Waals surface area contributed by atoms with Crippen molar-refractivity contribution in [3.8, 4) is 28.0 Å². The maximum Gasteiger partial charge on any atom is 0.432 e. The van der Waals surface area contributed by atoms with Gasteiger partial charge in [0.05, 0.1) is 0 Å². The van der Waals surface area contributed by atoms with Gasteiger partial charge in [-0.2, -0.15) is 8.78 Å². The monoisotopic (exact) mass is 482 g/mol. The largest absolute Gasteiger partial charge is 0.432 e. The summed E-state index contributed by atoms with van der Waals surface area (Å²) in [7, 11) is 0. The van der Waals surface area contributed by atoms with Crippen LogP contribution in [0.15, 0.2) is 78.9 Å². The average Bonchev–Trinajstić information content (AvgIpc) is 2.80. The van der Waals surface area contributed by atoms with E-state index in [1.54, 1.807) is 13.0 Å². The molecule has 0 saturated carbocycles. The Hall–Kier alpha value is -3.67. The van der Waals surface area contributed by atoms with Crippen molar-refractivity contribution >= 4 is 0 Å². The molecule has 180 valence electrons. The van der Waals surface area contributed by atoms with E-state index in [4.69, 9.17) is 0 Å². The zero-order valence-electron chi connectivity index (χ0n) is 19.2. The SMILES string of the molecule is CCCc1ccc(-c2ccc(-c3cc(F)c(C(F)(F)Oc4ccc(C)cc4)c(F)c3)c(F)c2)cc1. The van der Waals surface area contributed by atoms with Crippen LogP contribution >= 0.6 is 0 Å². The lowest BCUT2D eigenvalue weighted by molar-refractivity contribution is -0.189. The third-order valence-electron chi connectivity index (χ3n) is 5.71. The van der Waals surface area contributed by atoms with Gasteiger partial charge in [0.1, 0.15) is 28.8 Å². The first kappa shape index (κ1) is 24.5. The van der Waals surface area contributed by atoms with Crippen molar-refractivity contribution in [1.82, 2.24) is 0 Å². The fraction of sp³-hybridized carbons (Fsp3) is 0.172. The molecule has 6 heteroatoms. The average molecular weight is 482 g/mol. The van der Waals surface area contributed by atoms with Crippen LogP contribution < -0.4 is 4.74 Å². The molecule has 0 fully saturated rings. The minimum atomic E-state index is -4.27. The van der Waals surface area contributed by atoms with E-state index >= 15 is 0 Å². The van der Waals surface area contributed by atoms with Crippen LogP contribution in [0.25, 0.3) is 22.3 Å². The molecule has 0 aromatic heterocycles. The highest BCUT2D eigenvalue weighted by Gasteiger charge is 2.41. The summed E-state index contributed by atoms with van der Waals surface area (Å²) in [5.74, 6) is -4.04. The maximum atomic E-state index is 14.9. The zero-order valence-corrected chi connectivity index (χ0v) is 19.2. The summed E-state index contributed by atoms with van der Waals surface area (Å²) in [5.41, 5.74) is 1.51. The van der Waals surface area contributed by atoms with E-state index < -0.39 is 29.1 Å². The van der Waals surface area contributed by atoms with Crippen molar-refractivity contribution in [3.63, 3.8) is 0 Å². The molecule has 0 N–H and O–H groups in total. The van der Waals surface area contributed by atoms with Crippen molar-refractivity contribution in [2.45, 2.75) is 32.8 Å². The molecule has 0 amide bonds. The van der Waals surface area contributed by atoms with E-state index in [0.717, 1.165) is 24.0 Å². The van der Waals surface area contributed by atoms with Crippen LogP contribution in [0.4, 0.5) is 22.0 Å². The normalized spacial score (nSPS) is 11.5. The van der Waals surface area contributed by atoms with Crippen LogP contribution in [-0.4, -0.2) is 0 Å². The number of benzene rings is 4. The number of hydrogen-bond donors (Lipinski definition) is 0. The second-order valence-corrected chi connectivity index (χ2v) is 8.39. The Morgan fingerprint density at radius 1 is 0.686 bits per heavy atom. The molecule has 0 heterocycles. The van der Waals surface area contributed by atoms with Crippen LogP contribution in [0.1, 0.15) is 30.0 Å². The van der Waals surface area contributed by atoms with Gasteiger partial charge in [-0.25, -0.2) is 13.2 Å². The van der Waals surface area contributed by atoms with Gasteiger partial charge >= 0.3 is 6.11 Å². The Morgan fingerprint density at radius 2 is 1.26 bits per heavy atom. The lowest BCUT2D eigenvalue weighted by Crippen LogP contribution is -2.25. The van der Waals surface area contributed by atoms with E-state index in [9.17, 15) is 22.0 Å². The molecule has 1 nitrogen and oxygen atoms in total. The Labute approximate surface area is 200 Å². The van der Waals surface area contributed by atoms with Gasteiger partial charge < -0.3 is 4.74 Å². The lowest BCUT2D eigenvalue weighted by atomic mass is 9.97. The smallest absolute Gasteiger partial charge is 0.429 e. The molecule has 4 aromatic carbocycles. The minimum absolute atomic E-state index is 0.108. The first-order chi connectivity index (χ1) is 16.7. The number of rotatable bonds is 7. The van der Waals surface area contributed by atoms with E-state index in [1.165, 1.54) is 42.0 Å². The van der Waals surface area contributed by atoms with Gasteiger partial charge in [-0.3, -0.25) is 0 Å². The molecular weight excluding hydrogens is 459 g/mol. The van der Waals surface area contributed by atoms with Gasteiger partial charge in [-0.15, -0.1) is 0 Å². The second kappa shape index (κ2) is 9.90. The van der Waals surface area contributed by atoms with Gasteiger partial charge in [0.2, 0.25) is 0 Å². The van der Waals surface area contributed by atoms with Gasteiger partial charge in [0.25, 0.3) is 0 Å². The molecule has 0 atom stereocenters. The van der Waals surface area contributed by atoms with Gasteiger partial charge in [0.15, 0.2) is 0 Å². The number of ether oxygens (including phenoxy) is 1. The molecular formula is C29H23F5O. The Bertz CT molecular complexity index is 1310. The summed E-state index contributed by atoms with van der Waals surface area (Å²) in [6.07, 6.45) is -2.32. The van der Waals surface area contributed by atoms with Crippen LogP contribution in [0, 0.1) is 24.4 Å².